The highest BCUT2D eigenvalue weighted by Gasteiger charge is 2.06. The highest BCUT2D eigenvalue weighted by molar-refractivity contribution is 5.68. The van der Waals surface area contributed by atoms with Gasteiger partial charge in [-0.05, 0) is 6.07 Å². The lowest BCUT2D eigenvalue weighted by molar-refractivity contribution is -0.144. The normalized spacial score (nSPS) is 10.3. The second-order valence-corrected chi connectivity index (χ2v) is 3.75. The zero-order valence-electron chi connectivity index (χ0n) is 10.1. The van der Waals surface area contributed by atoms with Gasteiger partial charge in [0.2, 0.25) is 5.95 Å². The van der Waals surface area contributed by atoms with Crippen LogP contribution in [-0.2, 0) is 22.6 Å². The summed E-state index contributed by atoms with van der Waals surface area (Å²) in [5, 5.41) is 3.76. The number of aromatic nitrogens is 4. The molecule has 0 atom stereocenters. The zero-order chi connectivity index (χ0) is 13.7. The molecule has 0 saturated carbocycles. The van der Waals surface area contributed by atoms with E-state index in [4.69, 9.17) is 10.5 Å². The molecule has 0 unspecified atom stereocenters. The number of hydrogen-bond acceptors (Lipinski definition) is 6. The van der Waals surface area contributed by atoms with E-state index >= 15 is 0 Å². The van der Waals surface area contributed by atoms with Crippen LogP contribution in [0.4, 0.5) is 5.95 Å². The molecule has 2 heterocycles. The molecule has 0 aliphatic rings. The molecular weight excluding hydrogens is 250 g/mol. The number of nitrogen functional groups attached to an aromatic ring is 1. The van der Waals surface area contributed by atoms with Crippen molar-refractivity contribution in [2.45, 2.75) is 13.1 Å². The van der Waals surface area contributed by atoms with Crippen LogP contribution in [0.3, 0.4) is 0 Å². The summed E-state index contributed by atoms with van der Waals surface area (Å²) in [7, 11) is 0. The summed E-state index contributed by atoms with van der Waals surface area (Å²) in [6.45, 7) is 0.367. The molecule has 0 spiro atoms. The summed E-state index contributed by atoms with van der Waals surface area (Å²) in [5.74, 6) is -0.363. The summed E-state index contributed by atoms with van der Waals surface area (Å²) in [4.78, 5) is 26.5. The van der Waals surface area contributed by atoms with E-state index in [0.29, 0.717) is 6.54 Å². The topological polar surface area (TPSA) is 105 Å². The number of hydrogen-bond donors (Lipinski definition) is 1. The Morgan fingerprint density at radius 2 is 2.26 bits per heavy atom. The van der Waals surface area contributed by atoms with Gasteiger partial charge in [-0.25, -0.2) is 9.67 Å². The lowest BCUT2D eigenvalue weighted by atomic mass is 10.4. The van der Waals surface area contributed by atoms with Crippen LogP contribution >= 0.6 is 0 Å². The van der Waals surface area contributed by atoms with E-state index in [2.05, 4.69) is 10.1 Å². The Balaban J connectivity index is 1.78. The van der Waals surface area contributed by atoms with Gasteiger partial charge in [0, 0.05) is 12.3 Å². The van der Waals surface area contributed by atoms with Crippen LogP contribution in [0.2, 0.25) is 0 Å². The molecular formula is C11H13N5O3. The van der Waals surface area contributed by atoms with Gasteiger partial charge in [0.15, 0.2) is 0 Å². The van der Waals surface area contributed by atoms with Crippen molar-refractivity contribution in [3.8, 4) is 0 Å². The molecule has 0 fully saturated rings. The lowest BCUT2D eigenvalue weighted by Gasteiger charge is -2.06. The average molecular weight is 263 g/mol. The Morgan fingerprint density at radius 3 is 2.95 bits per heavy atom. The van der Waals surface area contributed by atoms with Crippen molar-refractivity contribution in [2.75, 3.05) is 12.3 Å². The van der Waals surface area contributed by atoms with Crippen LogP contribution in [0, 0.1) is 0 Å². The molecule has 2 aromatic heterocycles. The van der Waals surface area contributed by atoms with Gasteiger partial charge in [0.25, 0.3) is 5.56 Å². The van der Waals surface area contributed by atoms with E-state index in [1.165, 1.54) is 21.6 Å². The van der Waals surface area contributed by atoms with E-state index < -0.39 is 5.97 Å². The first-order valence-electron chi connectivity index (χ1n) is 5.61. The molecule has 8 nitrogen and oxygen atoms in total. The van der Waals surface area contributed by atoms with Crippen molar-refractivity contribution < 1.29 is 9.53 Å². The molecule has 0 aliphatic carbocycles. The van der Waals surface area contributed by atoms with Crippen molar-refractivity contribution in [1.82, 2.24) is 19.3 Å². The van der Waals surface area contributed by atoms with Crippen molar-refractivity contribution in [1.29, 1.82) is 0 Å². The highest BCUT2D eigenvalue weighted by Crippen LogP contribution is 1.92. The van der Waals surface area contributed by atoms with Crippen molar-refractivity contribution in [2.24, 2.45) is 0 Å². The number of carbonyl (C=O) groups is 1. The third-order valence-electron chi connectivity index (χ3n) is 2.34. The van der Waals surface area contributed by atoms with Gasteiger partial charge in [0.05, 0.1) is 6.54 Å². The second kappa shape index (κ2) is 5.80. The van der Waals surface area contributed by atoms with Crippen LogP contribution in [0.1, 0.15) is 0 Å². The number of ether oxygens (including phenoxy) is 1. The van der Waals surface area contributed by atoms with Gasteiger partial charge < -0.3 is 15.0 Å². The summed E-state index contributed by atoms with van der Waals surface area (Å²) in [6, 6.07) is 4.83. The number of nitrogens with zero attached hydrogens (tertiary/aromatic N) is 4. The first-order chi connectivity index (χ1) is 9.15. The largest absolute Gasteiger partial charge is 0.462 e. The highest BCUT2D eigenvalue weighted by atomic mass is 16.5. The molecule has 8 heteroatoms. The number of rotatable bonds is 5. The fourth-order valence-corrected chi connectivity index (χ4v) is 1.47. The average Bonchev–Trinajstić information content (AvgIpc) is 2.77. The molecule has 0 aliphatic heterocycles. The predicted molar refractivity (Wildman–Crippen MR) is 66.1 cm³/mol. The third kappa shape index (κ3) is 3.66. The standard InChI is InChI=1S/C11H13N5O3/c12-11-13-8-16(14-11)7-10(18)19-6-5-15-4-2-1-3-9(15)17/h1-4,8H,5-7H2,(H2,12,14). The molecule has 0 amide bonds. The Kier molecular flexibility index (Phi) is 3.91. The SMILES string of the molecule is Nc1ncn(CC(=O)OCCn2ccccc2=O)n1. The number of nitrogens with two attached hydrogens (primary N) is 1. The van der Waals surface area contributed by atoms with E-state index in [1.807, 2.05) is 0 Å². The molecule has 100 valence electrons. The van der Waals surface area contributed by atoms with E-state index in [0.717, 1.165) is 0 Å². The minimum absolute atomic E-state index is 0.0616. The van der Waals surface area contributed by atoms with Crippen molar-refractivity contribution in [3.05, 3.63) is 41.1 Å². The lowest BCUT2D eigenvalue weighted by Crippen LogP contribution is -2.22. The van der Waals surface area contributed by atoms with E-state index in [1.54, 1.807) is 18.3 Å². The van der Waals surface area contributed by atoms with Crippen molar-refractivity contribution in [3.63, 3.8) is 0 Å². The van der Waals surface area contributed by atoms with Gasteiger partial charge in [0.1, 0.15) is 19.5 Å². The maximum absolute atomic E-state index is 11.5. The van der Waals surface area contributed by atoms with E-state index in [9.17, 15) is 9.59 Å². The van der Waals surface area contributed by atoms with Gasteiger partial charge in [-0.15, -0.1) is 5.10 Å². The summed E-state index contributed by atoms with van der Waals surface area (Å²) >= 11 is 0. The molecule has 0 radical (unpaired) electrons. The molecule has 2 rings (SSSR count). The quantitative estimate of drug-likeness (QED) is 0.713. The summed E-state index contributed by atoms with van der Waals surface area (Å²) in [5.41, 5.74) is 5.18. The first kappa shape index (κ1) is 12.8. The number of anilines is 1. The van der Waals surface area contributed by atoms with Crippen LogP contribution < -0.4 is 11.3 Å². The van der Waals surface area contributed by atoms with Gasteiger partial charge in [-0.3, -0.25) is 9.59 Å². The molecule has 0 aromatic carbocycles. The predicted octanol–water partition coefficient (Wildman–Crippen LogP) is -0.735. The number of esters is 1. The van der Waals surface area contributed by atoms with E-state index in [-0.39, 0.29) is 24.7 Å². The Hall–Kier alpha value is -2.64. The fourth-order valence-electron chi connectivity index (χ4n) is 1.47. The maximum atomic E-state index is 11.5. The van der Waals surface area contributed by atoms with Crippen LogP contribution in [0.25, 0.3) is 0 Å². The minimum atomic E-state index is -0.464. The van der Waals surface area contributed by atoms with Crippen LogP contribution in [0.15, 0.2) is 35.5 Å². The molecule has 19 heavy (non-hydrogen) atoms. The summed E-state index contributed by atoms with van der Waals surface area (Å²) in [6.07, 6.45) is 2.98. The Morgan fingerprint density at radius 1 is 1.42 bits per heavy atom. The van der Waals surface area contributed by atoms with Crippen molar-refractivity contribution >= 4 is 11.9 Å². The monoisotopic (exact) mass is 263 g/mol. The molecule has 2 aromatic rings. The minimum Gasteiger partial charge on any atom is -0.462 e. The zero-order valence-corrected chi connectivity index (χ0v) is 10.1. The van der Waals surface area contributed by atoms with Gasteiger partial charge in [-0.2, -0.15) is 0 Å². The van der Waals surface area contributed by atoms with Crippen LogP contribution in [0.5, 0.6) is 0 Å². The first-order valence-corrected chi connectivity index (χ1v) is 5.61. The Bertz CT molecular complexity index is 619. The maximum Gasteiger partial charge on any atom is 0.327 e. The van der Waals surface area contributed by atoms with Crippen LogP contribution in [-0.4, -0.2) is 31.9 Å². The smallest absolute Gasteiger partial charge is 0.327 e. The molecule has 0 bridgehead atoms. The second-order valence-electron chi connectivity index (χ2n) is 3.75. The molecule has 2 N–H and O–H groups in total. The number of pyridine rings is 1. The third-order valence-corrected chi connectivity index (χ3v) is 2.34. The fraction of sp³-hybridized carbons (Fsp3) is 0.273. The molecule has 0 saturated heterocycles. The van der Waals surface area contributed by atoms with Gasteiger partial charge >= 0.3 is 5.97 Å². The number of carbonyl (C=O) groups excluding carboxylic acids is 1. The van der Waals surface area contributed by atoms with Gasteiger partial charge in [-0.1, -0.05) is 6.07 Å². The Labute approximate surface area is 108 Å². The summed E-state index contributed by atoms with van der Waals surface area (Å²) < 4.78 is 7.73.